The fourth-order valence-corrected chi connectivity index (χ4v) is 1.15. The second-order valence-corrected chi connectivity index (χ2v) is 4.33. The van der Waals surface area contributed by atoms with Gasteiger partial charge in [-0.3, -0.25) is 0 Å². The van der Waals surface area contributed by atoms with Crippen molar-refractivity contribution < 1.29 is 13.2 Å². The number of hydrogen-bond acceptors (Lipinski definition) is 3. The molecular formula is C11H16F3N5. The van der Waals surface area contributed by atoms with Gasteiger partial charge in [-0.25, -0.2) is 15.0 Å². The van der Waals surface area contributed by atoms with Crippen LogP contribution in [0.4, 0.5) is 13.2 Å². The zero-order valence-electron chi connectivity index (χ0n) is 10.7. The molecule has 0 aliphatic carbocycles. The van der Waals surface area contributed by atoms with E-state index in [0.717, 1.165) is 12.3 Å². The Morgan fingerprint density at radius 1 is 1.47 bits per heavy atom. The Morgan fingerprint density at radius 3 is 2.74 bits per heavy atom. The highest BCUT2D eigenvalue weighted by Crippen LogP contribution is 2.26. The number of rotatable bonds is 4. The molecule has 0 aliphatic rings. The zero-order chi connectivity index (χ0) is 14.5. The van der Waals surface area contributed by atoms with E-state index in [0.29, 0.717) is 12.5 Å². The first-order valence-corrected chi connectivity index (χ1v) is 5.72. The fourth-order valence-electron chi connectivity index (χ4n) is 1.15. The lowest BCUT2D eigenvalue weighted by Gasteiger charge is -2.08. The Hall–Kier alpha value is -1.86. The van der Waals surface area contributed by atoms with Gasteiger partial charge in [0.2, 0.25) is 0 Å². The Kier molecular flexibility index (Phi) is 5.08. The molecular weight excluding hydrogens is 259 g/mol. The van der Waals surface area contributed by atoms with Crippen LogP contribution in [0.15, 0.2) is 17.3 Å². The lowest BCUT2D eigenvalue weighted by atomic mass is 10.2. The van der Waals surface area contributed by atoms with Gasteiger partial charge in [0.25, 0.3) is 0 Å². The average Bonchev–Trinajstić information content (AvgIpc) is 2.33. The van der Waals surface area contributed by atoms with Gasteiger partial charge in [0.15, 0.2) is 5.96 Å². The topological polar surface area (TPSA) is 76.2 Å². The molecule has 0 bridgehead atoms. The van der Waals surface area contributed by atoms with Gasteiger partial charge in [-0.15, -0.1) is 0 Å². The Balaban J connectivity index is 2.65. The van der Waals surface area contributed by atoms with Gasteiger partial charge >= 0.3 is 6.18 Å². The maximum absolute atomic E-state index is 12.4. The van der Waals surface area contributed by atoms with Gasteiger partial charge in [-0.05, 0) is 12.0 Å². The largest absolute Gasteiger partial charge is 0.433 e. The molecule has 1 rings (SSSR count). The quantitative estimate of drug-likeness (QED) is 0.646. The predicted octanol–water partition coefficient (Wildman–Crippen LogP) is 1.56. The molecule has 0 saturated heterocycles. The van der Waals surface area contributed by atoms with Gasteiger partial charge in [0, 0.05) is 12.7 Å². The molecule has 0 aliphatic heterocycles. The van der Waals surface area contributed by atoms with E-state index in [-0.39, 0.29) is 18.3 Å². The van der Waals surface area contributed by atoms with Crippen molar-refractivity contribution in [3.63, 3.8) is 0 Å². The minimum atomic E-state index is -4.48. The first kappa shape index (κ1) is 15.2. The van der Waals surface area contributed by atoms with E-state index >= 15 is 0 Å². The van der Waals surface area contributed by atoms with Crippen LogP contribution in [0.3, 0.4) is 0 Å². The third-order valence-corrected chi connectivity index (χ3v) is 2.08. The number of nitrogens with two attached hydrogens (primary N) is 1. The molecule has 1 aromatic heterocycles. The van der Waals surface area contributed by atoms with Crippen LogP contribution in [0, 0.1) is 5.92 Å². The van der Waals surface area contributed by atoms with Crippen LogP contribution in [-0.4, -0.2) is 22.5 Å². The first-order chi connectivity index (χ1) is 8.79. The van der Waals surface area contributed by atoms with Crippen LogP contribution in [-0.2, 0) is 12.7 Å². The van der Waals surface area contributed by atoms with Crippen LogP contribution in [0.25, 0.3) is 0 Å². The van der Waals surface area contributed by atoms with Crippen molar-refractivity contribution in [3.05, 3.63) is 23.8 Å². The summed E-state index contributed by atoms with van der Waals surface area (Å²) in [6.07, 6.45) is -3.43. The summed E-state index contributed by atoms with van der Waals surface area (Å²) in [4.78, 5) is 11.0. The summed E-state index contributed by atoms with van der Waals surface area (Å²) in [6.45, 7) is 4.53. The lowest BCUT2D eigenvalue weighted by molar-refractivity contribution is -0.141. The van der Waals surface area contributed by atoms with Gasteiger partial charge < -0.3 is 11.1 Å². The Morgan fingerprint density at radius 2 is 2.16 bits per heavy atom. The van der Waals surface area contributed by atoms with Crippen LogP contribution < -0.4 is 11.1 Å². The van der Waals surface area contributed by atoms with Crippen LogP contribution in [0.5, 0.6) is 0 Å². The molecule has 8 heteroatoms. The molecule has 5 nitrogen and oxygen atoms in total. The highest BCUT2D eigenvalue weighted by atomic mass is 19.4. The van der Waals surface area contributed by atoms with Crippen molar-refractivity contribution in [2.45, 2.75) is 26.6 Å². The van der Waals surface area contributed by atoms with E-state index in [1.54, 1.807) is 0 Å². The molecule has 3 N–H and O–H groups in total. The van der Waals surface area contributed by atoms with E-state index in [2.05, 4.69) is 20.3 Å². The minimum Gasteiger partial charge on any atom is -0.370 e. The summed E-state index contributed by atoms with van der Waals surface area (Å²) in [5.41, 5.74) is 4.57. The SMILES string of the molecule is CC(C)CNC(N)=NCc1nccc(C(F)(F)F)n1. The number of aliphatic imine (C=N–C) groups is 1. The number of guanidine groups is 1. The fraction of sp³-hybridized carbons (Fsp3) is 0.545. The molecule has 0 aromatic carbocycles. The monoisotopic (exact) mass is 275 g/mol. The second-order valence-electron chi connectivity index (χ2n) is 4.33. The summed E-state index contributed by atoms with van der Waals surface area (Å²) in [5, 5.41) is 2.85. The van der Waals surface area contributed by atoms with Crippen molar-refractivity contribution >= 4 is 5.96 Å². The number of nitrogens with zero attached hydrogens (tertiary/aromatic N) is 3. The minimum absolute atomic E-state index is 0.0240. The predicted molar refractivity (Wildman–Crippen MR) is 65.2 cm³/mol. The summed E-state index contributed by atoms with van der Waals surface area (Å²) < 4.78 is 37.2. The standard InChI is InChI=1S/C11H16F3N5/c1-7(2)5-17-10(15)18-6-9-16-4-3-8(19-9)11(12,13)14/h3-4,7H,5-6H2,1-2H3,(H3,15,17,18). The first-order valence-electron chi connectivity index (χ1n) is 5.72. The van der Waals surface area contributed by atoms with Crippen molar-refractivity contribution in [3.8, 4) is 0 Å². The Labute approximate surface area is 109 Å². The van der Waals surface area contributed by atoms with Gasteiger partial charge in [-0.2, -0.15) is 13.2 Å². The molecule has 1 heterocycles. The summed E-state index contributed by atoms with van der Waals surface area (Å²) in [5.74, 6) is 0.525. The highest BCUT2D eigenvalue weighted by Gasteiger charge is 2.32. The molecule has 1 aromatic rings. The normalized spacial score (nSPS) is 12.8. The summed E-state index contributed by atoms with van der Waals surface area (Å²) in [6, 6.07) is 0.813. The van der Waals surface area contributed by atoms with E-state index in [4.69, 9.17) is 5.73 Å². The van der Waals surface area contributed by atoms with Gasteiger partial charge in [0.1, 0.15) is 18.1 Å². The molecule has 0 atom stereocenters. The summed E-state index contributed by atoms with van der Waals surface area (Å²) in [7, 11) is 0. The highest BCUT2D eigenvalue weighted by molar-refractivity contribution is 5.77. The Bertz CT molecular complexity index is 442. The molecule has 0 unspecified atom stereocenters. The smallest absolute Gasteiger partial charge is 0.370 e. The van der Waals surface area contributed by atoms with Crippen molar-refractivity contribution in [1.29, 1.82) is 0 Å². The number of hydrogen-bond donors (Lipinski definition) is 2. The maximum atomic E-state index is 12.4. The number of nitrogens with one attached hydrogen (secondary N) is 1. The molecule has 0 radical (unpaired) electrons. The zero-order valence-corrected chi connectivity index (χ0v) is 10.7. The molecule has 19 heavy (non-hydrogen) atoms. The maximum Gasteiger partial charge on any atom is 0.433 e. The molecule has 0 fully saturated rings. The molecule has 0 spiro atoms. The van der Waals surface area contributed by atoms with Gasteiger partial charge in [-0.1, -0.05) is 13.8 Å². The van der Waals surface area contributed by atoms with Gasteiger partial charge in [0.05, 0.1) is 0 Å². The molecule has 0 saturated carbocycles. The number of halogens is 3. The number of alkyl halides is 3. The third kappa shape index (κ3) is 5.54. The van der Waals surface area contributed by atoms with Crippen LogP contribution >= 0.6 is 0 Å². The van der Waals surface area contributed by atoms with Crippen LogP contribution in [0.2, 0.25) is 0 Å². The van der Waals surface area contributed by atoms with E-state index in [1.165, 1.54) is 0 Å². The molecule has 106 valence electrons. The van der Waals surface area contributed by atoms with E-state index in [9.17, 15) is 13.2 Å². The molecule has 0 amide bonds. The van der Waals surface area contributed by atoms with E-state index < -0.39 is 11.9 Å². The van der Waals surface area contributed by atoms with Crippen molar-refractivity contribution in [2.75, 3.05) is 6.54 Å². The number of aromatic nitrogens is 2. The van der Waals surface area contributed by atoms with E-state index in [1.807, 2.05) is 13.8 Å². The lowest BCUT2D eigenvalue weighted by Crippen LogP contribution is -2.34. The average molecular weight is 275 g/mol. The third-order valence-electron chi connectivity index (χ3n) is 2.08. The van der Waals surface area contributed by atoms with Crippen LogP contribution in [0.1, 0.15) is 25.4 Å². The van der Waals surface area contributed by atoms with Crippen molar-refractivity contribution in [1.82, 2.24) is 15.3 Å². The van der Waals surface area contributed by atoms with Crippen molar-refractivity contribution in [2.24, 2.45) is 16.6 Å². The second kappa shape index (κ2) is 6.35. The summed E-state index contributed by atoms with van der Waals surface area (Å²) >= 11 is 0.